The first-order valence-corrected chi connectivity index (χ1v) is 8.22. The van der Waals surface area contributed by atoms with E-state index in [-0.39, 0.29) is 11.7 Å². The number of hydrogen-bond donors (Lipinski definition) is 2. The first kappa shape index (κ1) is 17.4. The molecule has 0 fully saturated rings. The molecule has 0 aliphatic rings. The van der Waals surface area contributed by atoms with E-state index in [1.165, 1.54) is 5.56 Å². The normalized spacial score (nSPS) is 10.5. The van der Waals surface area contributed by atoms with Crippen LogP contribution in [0.2, 0.25) is 5.02 Å². The second kappa shape index (κ2) is 8.59. The van der Waals surface area contributed by atoms with Gasteiger partial charge in [0.25, 0.3) is 0 Å². The largest absolute Gasteiger partial charge is 0.508 e. The molecule has 0 spiro atoms. The van der Waals surface area contributed by atoms with Gasteiger partial charge in [0.2, 0.25) is 5.91 Å². The smallest absolute Gasteiger partial charge is 0.220 e. The molecule has 23 heavy (non-hydrogen) atoms. The summed E-state index contributed by atoms with van der Waals surface area (Å²) >= 11 is 6.01. The molecule has 122 valence electrons. The average Bonchev–Trinajstić information content (AvgIpc) is 2.54. The van der Waals surface area contributed by atoms with Crippen LogP contribution in [-0.2, 0) is 17.6 Å². The van der Waals surface area contributed by atoms with Crippen LogP contribution in [0.15, 0.2) is 42.5 Å². The van der Waals surface area contributed by atoms with E-state index in [1.54, 1.807) is 12.1 Å². The van der Waals surface area contributed by atoms with Gasteiger partial charge in [0, 0.05) is 18.0 Å². The van der Waals surface area contributed by atoms with Crippen molar-refractivity contribution in [3.63, 3.8) is 0 Å². The number of carbonyl (C=O) groups is 1. The van der Waals surface area contributed by atoms with Crippen molar-refractivity contribution in [2.45, 2.75) is 32.6 Å². The Morgan fingerprint density at radius 1 is 1.09 bits per heavy atom. The van der Waals surface area contributed by atoms with E-state index in [0.29, 0.717) is 19.4 Å². The maximum atomic E-state index is 11.8. The fraction of sp³-hybridized carbons (Fsp3) is 0.316. The number of phenols is 1. The lowest BCUT2D eigenvalue weighted by Gasteiger charge is -2.07. The maximum absolute atomic E-state index is 11.8. The van der Waals surface area contributed by atoms with Crippen LogP contribution in [0.3, 0.4) is 0 Å². The van der Waals surface area contributed by atoms with Crippen LogP contribution in [0.25, 0.3) is 0 Å². The number of rotatable bonds is 7. The zero-order valence-electron chi connectivity index (χ0n) is 13.3. The monoisotopic (exact) mass is 331 g/mol. The fourth-order valence-corrected chi connectivity index (χ4v) is 2.51. The first-order chi connectivity index (χ1) is 11.0. The van der Waals surface area contributed by atoms with Gasteiger partial charge in [-0.3, -0.25) is 4.79 Å². The molecule has 2 N–H and O–H groups in total. The molecule has 0 aliphatic heterocycles. The molecule has 0 aromatic heterocycles. The standard InChI is InChI=1S/C19H22ClNO2/c1-14-13-16(6-10-18(14)20)3-2-12-21-19(23)11-7-15-4-8-17(22)9-5-15/h4-6,8-10,13,22H,2-3,7,11-12H2,1H3,(H,21,23). The molecule has 3 nitrogen and oxygen atoms in total. The minimum Gasteiger partial charge on any atom is -0.508 e. The second-order valence-corrected chi connectivity index (χ2v) is 6.11. The highest BCUT2D eigenvalue weighted by atomic mass is 35.5. The number of aromatic hydroxyl groups is 1. The molecule has 0 unspecified atom stereocenters. The van der Waals surface area contributed by atoms with Gasteiger partial charge in [-0.05, 0) is 61.1 Å². The summed E-state index contributed by atoms with van der Waals surface area (Å²) in [6, 6.07) is 13.0. The zero-order chi connectivity index (χ0) is 16.7. The van der Waals surface area contributed by atoms with Crippen molar-refractivity contribution in [3.8, 4) is 5.75 Å². The van der Waals surface area contributed by atoms with Gasteiger partial charge >= 0.3 is 0 Å². The SMILES string of the molecule is Cc1cc(CCCNC(=O)CCc2ccc(O)cc2)ccc1Cl. The lowest BCUT2D eigenvalue weighted by atomic mass is 10.1. The molecule has 2 aromatic rings. The minimum absolute atomic E-state index is 0.0605. The minimum atomic E-state index is 0.0605. The fourth-order valence-electron chi connectivity index (χ4n) is 2.39. The number of aryl methyl sites for hydroxylation is 3. The van der Waals surface area contributed by atoms with Crippen molar-refractivity contribution in [1.29, 1.82) is 0 Å². The Morgan fingerprint density at radius 2 is 1.78 bits per heavy atom. The summed E-state index contributed by atoms with van der Waals surface area (Å²) in [5.41, 5.74) is 3.38. The number of carbonyl (C=O) groups excluding carboxylic acids is 1. The molecule has 4 heteroatoms. The summed E-state index contributed by atoms with van der Waals surface area (Å²) in [4.78, 5) is 11.8. The van der Waals surface area contributed by atoms with E-state index in [2.05, 4.69) is 11.4 Å². The van der Waals surface area contributed by atoms with Gasteiger partial charge < -0.3 is 10.4 Å². The van der Waals surface area contributed by atoms with E-state index in [1.807, 2.05) is 31.2 Å². The Bertz CT molecular complexity index is 653. The van der Waals surface area contributed by atoms with Gasteiger partial charge in [0.05, 0.1) is 0 Å². The average molecular weight is 332 g/mol. The highest BCUT2D eigenvalue weighted by Gasteiger charge is 2.03. The van der Waals surface area contributed by atoms with Crippen LogP contribution in [0, 0.1) is 6.92 Å². The van der Waals surface area contributed by atoms with E-state index in [9.17, 15) is 9.90 Å². The Morgan fingerprint density at radius 3 is 2.48 bits per heavy atom. The van der Waals surface area contributed by atoms with Gasteiger partial charge in [0.15, 0.2) is 0 Å². The van der Waals surface area contributed by atoms with Crippen LogP contribution < -0.4 is 5.32 Å². The molecule has 0 atom stereocenters. The quantitative estimate of drug-likeness (QED) is 0.752. The van der Waals surface area contributed by atoms with Crippen molar-refractivity contribution >= 4 is 17.5 Å². The van der Waals surface area contributed by atoms with Crippen molar-refractivity contribution in [2.75, 3.05) is 6.54 Å². The summed E-state index contributed by atoms with van der Waals surface area (Å²) in [6.45, 7) is 2.67. The van der Waals surface area contributed by atoms with Crippen LogP contribution in [0.5, 0.6) is 5.75 Å². The Hall–Kier alpha value is -2.00. The molecule has 2 aromatic carbocycles. The Labute approximate surface area is 142 Å². The summed E-state index contributed by atoms with van der Waals surface area (Å²) in [5.74, 6) is 0.306. The second-order valence-electron chi connectivity index (χ2n) is 5.70. The van der Waals surface area contributed by atoms with Crippen molar-refractivity contribution in [1.82, 2.24) is 5.32 Å². The predicted octanol–water partition coefficient (Wildman–Crippen LogP) is 4.04. The first-order valence-electron chi connectivity index (χ1n) is 7.84. The highest BCUT2D eigenvalue weighted by molar-refractivity contribution is 6.31. The predicted molar refractivity (Wildman–Crippen MR) is 93.9 cm³/mol. The summed E-state index contributed by atoms with van der Waals surface area (Å²) < 4.78 is 0. The number of phenolic OH excluding ortho intramolecular Hbond substituents is 1. The summed E-state index contributed by atoms with van der Waals surface area (Å²) in [6.07, 6.45) is 2.98. The Balaban J connectivity index is 1.64. The molecule has 0 saturated heterocycles. The molecular weight excluding hydrogens is 310 g/mol. The Kier molecular flexibility index (Phi) is 6.48. The molecule has 0 heterocycles. The van der Waals surface area contributed by atoms with Crippen LogP contribution in [0.1, 0.15) is 29.5 Å². The third-order valence-electron chi connectivity index (χ3n) is 3.76. The topological polar surface area (TPSA) is 49.3 Å². The molecular formula is C19H22ClNO2. The third kappa shape index (κ3) is 5.95. The van der Waals surface area contributed by atoms with Crippen LogP contribution in [-0.4, -0.2) is 17.6 Å². The number of hydrogen-bond acceptors (Lipinski definition) is 2. The number of nitrogens with one attached hydrogen (secondary N) is 1. The van der Waals surface area contributed by atoms with Gasteiger partial charge in [-0.25, -0.2) is 0 Å². The van der Waals surface area contributed by atoms with Crippen LogP contribution in [0.4, 0.5) is 0 Å². The van der Waals surface area contributed by atoms with E-state index < -0.39 is 0 Å². The van der Waals surface area contributed by atoms with Gasteiger partial charge in [-0.15, -0.1) is 0 Å². The van der Waals surface area contributed by atoms with Crippen molar-refractivity contribution in [3.05, 3.63) is 64.2 Å². The summed E-state index contributed by atoms with van der Waals surface area (Å²) in [5, 5.41) is 13.0. The molecule has 0 aliphatic carbocycles. The van der Waals surface area contributed by atoms with Gasteiger partial charge in [-0.1, -0.05) is 35.9 Å². The molecule has 2 rings (SSSR count). The maximum Gasteiger partial charge on any atom is 0.220 e. The zero-order valence-corrected chi connectivity index (χ0v) is 14.1. The van der Waals surface area contributed by atoms with Crippen LogP contribution >= 0.6 is 11.6 Å². The van der Waals surface area contributed by atoms with Gasteiger partial charge in [-0.2, -0.15) is 0 Å². The highest BCUT2D eigenvalue weighted by Crippen LogP contribution is 2.17. The number of halogens is 1. The summed E-state index contributed by atoms with van der Waals surface area (Å²) in [7, 11) is 0. The van der Waals surface area contributed by atoms with E-state index >= 15 is 0 Å². The molecule has 1 amide bonds. The van der Waals surface area contributed by atoms with Crippen molar-refractivity contribution in [2.24, 2.45) is 0 Å². The van der Waals surface area contributed by atoms with E-state index in [0.717, 1.165) is 29.0 Å². The lowest BCUT2D eigenvalue weighted by molar-refractivity contribution is -0.121. The van der Waals surface area contributed by atoms with E-state index in [4.69, 9.17) is 11.6 Å². The molecule has 0 radical (unpaired) electrons. The van der Waals surface area contributed by atoms with Crippen molar-refractivity contribution < 1.29 is 9.90 Å². The van der Waals surface area contributed by atoms with Gasteiger partial charge in [0.1, 0.15) is 5.75 Å². The number of amides is 1. The molecule has 0 saturated carbocycles. The lowest BCUT2D eigenvalue weighted by Crippen LogP contribution is -2.24. The third-order valence-corrected chi connectivity index (χ3v) is 4.19. The molecule has 0 bridgehead atoms. The number of benzene rings is 2.